The second-order valence-corrected chi connectivity index (χ2v) is 8.98. The first kappa shape index (κ1) is 25.3. The van der Waals surface area contributed by atoms with Crippen LogP contribution in [0, 0.1) is 0 Å². The zero-order valence-corrected chi connectivity index (χ0v) is 21.1. The van der Waals surface area contributed by atoms with Crippen molar-refractivity contribution >= 4 is 23.0 Å². The van der Waals surface area contributed by atoms with E-state index in [0.717, 1.165) is 68.6 Å². The number of thiocarbonyl (C=S) groups is 1. The molecule has 1 N–H and O–H groups in total. The number of methoxy groups -OCH3 is 2. The van der Waals surface area contributed by atoms with Gasteiger partial charge in [-0.2, -0.15) is 0 Å². The number of nitrogens with one attached hydrogen (secondary N) is 1. The largest absolute Gasteiger partial charge is 0.493 e. The van der Waals surface area contributed by atoms with E-state index in [1.807, 2.05) is 12.1 Å². The summed E-state index contributed by atoms with van der Waals surface area (Å²) in [6.07, 6.45) is 1.01. The van der Waals surface area contributed by atoms with Crippen LogP contribution in [0.5, 0.6) is 11.5 Å². The molecule has 0 bridgehead atoms. The average molecular weight is 472 g/mol. The molecule has 1 saturated heterocycles. The Morgan fingerprint density at radius 1 is 1.09 bits per heavy atom. The highest BCUT2D eigenvalue weighted by Gasteiger charge is 2.17. The standard InChI is InChI=1S/C26H37N3O3S/c1-20(2)21-9-11-23(12-10-21)27-26(33)29(14-6-13-28-15-17-32-18-16-28)19-22-7-5-8-24(30-3)25(22)31-4/h5,7-12,20H,6,13-19H2,1-4H3,(H,27,33). The fraction of sp³-hybridized carbons (Fsp3) is 0.500. The lowest BCUT2D eigenvalue weighted by molar-refractivity contribution is 0.0367. The summed E-state index contributed by atoms with van der Waals surface area (Å²) in [5.41, 5.74) is 3.36. The number of para-hydroxylation sites is 1. The van der Waals surface area contributed by atoms with Crippen molar-refractivity contribution in [1.82, 2.24) is 9.80 Å². The van der Waals surface area contributed by atoms with E-state index in [9.17, 15) is 0 Å². The molecule has 33 heavy (non-hydrogen) atoms. The summed E-state index contributed by atoms with van der Waals surface area (Å²) in [5, 5.41) is 4.14. The van der Waals surface area contributed by atoms with Gasteiger partial charge in [0, 0.05) is 44.0 Å². The molecule has 0 spiro atoms. The Morgan fingerprint density at radius 2 is 1.82 bits per heavy atom. The number of anilines is 1. The van der Waals surface area contributed by atoms with Gasteiger partial charge in [-0.05, 0) is 48.3 Å². The van der Waals surface area contributed by atoms with Crippen LogP contribution in [0.1, 0.15) is 37.3 Å². The van der Waals surface area contributed by atoms with E-state index in [0.29, 0.717) is 17.6 Å². The fourth-order valence-electron chi connectivity index (χ4n) is 4.00. The summed E-state index contributed by atoms with van der Waals surface area (Å²) < 4.78 is 16.6. The Labute approximate surface area is 203 Å². The smallest absolute Gasteiger partial charge is 0.173 e. The minimum Gasteiger partial charge on any atom is -0.493 e. The van der Waals surface area contributed by atoms with E-state index in [1.54, 1.807) is 14.2 Å². The monoisotopic (exact) mass is 471 g/mol. The summed E-state index contributed by atoms with van der Waals surface area (Å²) in [7, 11) is 3.34. The van der Waals surface area contributed by atoms with Gasteiger partial charge in [0.05, 0.1) is 27.4 Å². The average Bonchev–Trinajstić information content (AvgIpc) is 2.84. The number of hydrogen-bond donors (Lipinski definition) is 1. The van der Waals surface area contributed by atoms with E-state index in [1.165, 1.54) is 5.56 Å². The van der Waals surface area contributed by atoms with Gasteiger partial charge in [-0.25, -0.2) is 0 Å². The lowest BCUT2D eigenvalue weighted by Gasteiger charge is -2.30. The van der Waals surface area contributed by atoms with Gasteiger partial charge in [0.25, 0.3) is 0 Å². The Kier molecular flexibility index (Phi) is 9.78. The maximum absolute atomic E-state index is 5.86. The predicted octanol–water partition coefficient (Wildman–Crippen LogP) is 4.75. The first-order chi connectivity index (χ1) is 16.0. The molecule has 0 aliphatic carbocycles. The maximum atomic E-state index is 5.86. The molecule has 3 rings (SSSR count). The summed E-state index contributed by atoms with van der Waals surface area (Å²) in [6.45, 7) is 10.5. The fourth-order valence-corrected chi connectivity index (χ4v) is 4.27. The van der Waals surface area contributed by atoms with Gasteiger partial charge in [0.15, 0.2) is 16.6 Å². The molecular weight excluding hydrogens is 434 g/mol. The van der Waals surface area contributed by atoms with Crippen molar-refractivity contribution in [1.29, 1.82) is 0 Å². The predicted molar refractivity (Wildman–Crippen MR) is 139 cm³/mol. The molecule has 7 heteroatoms. The molecule has 0 amide bonds. The third-order valence-electron chi connectivity index (χ3n) is 5.97. The van der Waals surface area contributed by atoms with Crippen molar-refractivity contribution in [2.45, 2.75) is 32.7 Å². The molecular formula is C26H37N3O3S. The minimum atomic E-state index is 0.503. The highest BCUT2D eigenvalue weighted by atomic mass is 32.1. The van der Waals surface area contributed by atoms with Crippen LogP contribution in [0.2, 0.25) is 0 Å². The van der Waals surface area contributed by atoms with Crippen LogP contribution in [0.4, 0.5) is 5.69 Å². The first-order valence-corrected chi connectivity index (χ1v) is 12.1. The summed E-state index contributed by atoms with van der Waals surface area (Å²) >= 11 is 5.86. The molecule has 1 fully saturated rings. The molecule has 1 heterocycles. The highest BCUT2D eigenvalue weighted by molar-refractivity contribution is 7.80. The Morgan fingerprint density at radius 3 is 2.45 bits per heavy atom. The first-order valence-electron chi connectivity index (χ1n) is 11.7. The Bertz CT molecular complexity index is 883. The minimum absolute atomic E-state index is 0.503. The number of morpholine rings is 1. The van der Waals surface area contributed by atoms with Crippen molar-refractivity contribution < 1.29 is 14.2 Å². The molecule has 0 radical (unpaired) electrons. The lowest BCUT2D eigenvalue weighted by Crippen LogP contribution is -2.40. The summed E-state index contributed by atoms with van der Waals surface area (Å²) in [5.74, 6) is 1.98. The quantitative estimate of drug-likeness (QED) is 0.502. The van der Waals surface area contributed by atoms with Crippen LogP contribution in [0.25, 0.3) is 0 Å². The zero-order chi connectivity index (χ0) is 23.6. The number of rotatable bonds is 10. The number of hydrogen-bond acceptors (Lipinski definition) is 5. The summed E-state index contributed by atoms with van der Waals surface area (Å²) in [6, 6.07) is 14.5. The molecule has 0 saturated carbocycles. The molecule has 2 aromatic carbocycles. The van der Waals surface area contributed by atoms with E-state index in [2.05, 4.69) is 59.3 Å². The van der Waals surface area contributed by atoms with Crippen LogP contribution in [0.15, 0.2) is 42.5 Å². The van der Waals surface area contributed by atoms with Gasteiger partial charge >= 0.3 is 0 Å². The van der Waals surface area contributed by atoms with Gasteiger partial charge in [-0.1, -0.05) is 38.1 Å². The van der Waals surface area contributed by atoms with E-state index in [-0.39, 0.29) is 0 Å². The van der Waals surface area contributed by atoms with Gasteiger partial charge in [-0.15, -0.1) is 0 Å². The summed E-state index contributed by atoms with van der Waals surface area (Å²) in [4.78, 5) is 4.67. The number of nitrogens with zero attached hydrogens (tertiary/aromatic N) is 2. The number of benzene rings is 2. The molecule has 1 aliphatic rings. The molecule has 0 aromatic heterocycles. The van der Waals surface area contributed by atoms with Crippen molar-refractivity contribution in [2.24, 2.45) is 0 Å². The molecule has 2 aromatic rings. The van der Waals surface area contributed by atoms with Crippen molar-refractivity contribution in [3.05, 3.63) is 53.6 Å². The number of ether oxygens (including phenoxy) is 3. The van der Waals surface area contributed by atoms with Crippen LogP contribution in [-0.4, -0.2) is 68.5 Å². The zero-order valence-electron chi connectivity index (χ0n) is 20.3. The van der Waals surface area contributed by atoms with E-state index < -0.39 is 0 Å². The van der Waals surface area contributed by atoms with Gasteiger partial charge in [0.2, 0.25) is 0 Å². The SMILES string of the molecule is COc1cccc(CN(CCCN2CCOCC2)C(=S)Nc2ccc(C(C)C)cc2)c1OC. The van der Waals surface area contributed by atoms with Gasteiger partial charge in [-0.3, -0.25) is 4.90 Å². The van der Waals surface area contributed by atoms with Crippen molar-refractivity contribution in [3.8, 4) is 11.5 Å². The van der Waals surface area contributed by atoms with Gasteiger partial charge < -0.3 is 24.4 Å². The third-order valence-corrected chi connectivity index (χ3v) is 6.33. The van der Waals surface area contributed by atoms with Crippen LogP contribution in [0.3, 0.4) is 0 Å². The van der Waals surface area contributed by atoms with E-state index in [4.69, 9.17) is 26.4 Å². The second kappa shape index (κ2) is 12.8. The lowest BCUT2D eigenvalue weighted by atomic mass is 10.0. The second-order valence-electron chi connectivity index (χ2n) is 8.59. The van der Waals surface area contributed by atoms with Crippen LogP contribution < -0.4 is 14.8 Å². The van der Waals surface area contributed by atoms with E-state index >= 15 is 0 Å². The molecule has 180 valence electrons. The van der Waals surface area contributed by atoms with Gasteiger partial charge in [0.1, 0.15) is 0 Å². The molecule has 6 nitrogen and oxygen atoms in total. The highest BCUT2D eigenvalue weighted by Crippen LogP contribution is 2.31. The molecule has 1 aliphatic heterocycles. The Hall–Kier alpha value is -2.35. The normalized spacial score (nSPS) is 14.2. The molecule has 0 unspecified atom stereocenters. The van der Waals surface area contributed by atoms with Crippen molar-refractivity contribution in [3.63, 3.8) is 0 Å². The maximum Gasteiger partial charge on any atom is 0.173 e. The van der Waals surface area contributed by atoms with Crippen molar-refractivity contribution in [2.75, 3.05) is 58.9 Å². The molecule has 0 atom stereocenters. The van der Waals surface area contributed by atoms with Crippen LogP contribution in [-0.2, 0) is 11.3 Å². The van der Waals surface area contributed by atoms with Crippen LogP contribution >= 0.6 is 12.2 Å². The topological polar surface area (TPSA) is 46.2 Å². The third kappa shape index (κ3) is 7.32. The Balaban J connectivity index is 1.71.